The molecule has 1 aromatic heterocycles. The molecule has 6 nitrogen and oxygen atoms in total. The van der Waals surface area contributed by atoms with Crippen LogP contribution in [0.15, 0.2) is 22.8 Å². The molecule has 28 heavy (non-hydrogen) atoms. The molecule has 2 aromatic rings. The van der Waals surface area contributed by atoms with Crippen LogP contribution in [0.5, 0.6) is 0 Å². The number of nitrogens with one attached hydrogen (secondary N) is 1. The first-order valence-electron chi connectivity index (χ1n) is 9.84. The van der Waals surface area contributed by atoms with Crippen molar-refractivity contribution in [3.05, 3.63) is 28.4 Å². The summed E-state index contributed by atoms with van der Waals surface area (Å²) in [4.78, 5) is 23.5. The number of hydrogen-bond donors (Lipinski definition) is 1. The molecule has 2 heterocycles. The molecule has 1 aromatic carbocycles. The van der Waals surface area contributed by atoms with Crippen LogP contribution in [0, 0.1) is 5.92 Å². The Morgan fingerprint density at radius 1 is 1.36 bits per heavy atom. The summed E-state index contributed by atoms with van der Waals surface area (Å²) in [6.07, 6.45) is 3.45. The molecular weight excluding hydrogens is 420 g/mol. The van der Waals surface area contributed by atoms with Crippen molar-refractivity contribution in [2.75, 3.05) is 18.4 Å². The second kappa shape index (κ2) is 8.23. The SMILES string of the molecule is CCc1cc(Br)cc2cnc(N[C@H]3C[C@@H](C)CN(C(=O)OC(C)(C)C)C3)nc12. The number of rotatable bonds is 3. The summed E-state index contributed by atoms with van der Waals surface area (Å²) in [5.74, 6) is 0.981. The summed E-state index contributed by atoms with van der Waals surface area (Å²) in [6, 6.07) is 4.23. The molecule has 0 unspecified atom stereocenters. The van der Waals surface area contributed by atoms with E-state index in [1.54, 1.807) is 4.90 Å². The quantitative estimate of drug-likeness (QED) is 0.714. The predicted octanol–water partition coefficient (Wildman–Crippen LogP) is 5.01. The van der Waals surface area contributed by atoms with Gasteiger partial charge in [-0.3, -0.25) is 0 Å². The van der Waals surface area contributed by atoms with Gasteiger partial charge in [-0.2, -0.15) is 0 Å². The van der Waals surface area contributed by atoms with Gasteiger partial charge in [0.2, 0.25) is 5.95 Å². The number of anilines is 1. The molecule has 1 aliphatic heterocycles. The molecule has 3 rings (SSSR count). The fourth-order valence-corrected chi connectivity index (χ4v) is 4.16. The molecule has 7 heteroatoms. The fourth-order valence-electron chi connectivity index (χ4n) is 3.63. The summed E-state index contributed by atoms with van der Waals surface area (Å²) >= 11 is 3.55. The zero-order chi connectivity index (χ0) is 20.5. The molecule has 0 bridgehead atoms. The molecule has 2 atom stereocenters. The number of aryl methyl sites for hydroxylation is 1. The van der Waals surface area contributed by atoms with Gasteiger partial charge < -0.3 is 15.0 Å². The highest BCUT2D eigenvalue weighted by Gasteiger charge is 2.31. The molecule has 1 saturated heterocycles. The first kappa shape index (κ1) is 20.8. The Labute approximate surface area is 175 Å². The largest absolute Gasteiger partial charge is 0.444 e. The number of carbonyl (C=O) groups excluding carboxylic acids is 1. The van der Waals surface area contributed by atoms with Crippen LogP contribution in [0.25, 0.3) is 10.9 Å². The van der Waals surface area contributed by atoms with E-state index >= 15 is 0 Å². The minimum atomic E-state index is -0.493. The van der Waals surface area contributed by atoms with E-state index < -0.39 is 5.60 Å². The number of amides is 1. The van der Waals surface area contributed by atoms with Crippen molar-refractivity contribution in [1.29, 1.82) is 0 Å². The van der Waals surface area contributed by atoms with Gasteiger partial charge in [-0.05, 0) is 57.2 Å². The third kappa shape index (κ3) is 5.13. The first-order chi connectivity index (χ1) is 13.1. The van der Waals surface area contributed by atoms with E-state index in [-0.39, 0.29) is 12.1 Å². The van der Waals surface area contributed by atoms with E-state index in [1.165, 1.54) is 5.56 Å². The van der Waals surface area contributed by atoms with Gasteiger partial charge in [-0.15, -0.1) is 0 Å². The van der Waals surface area contributed by atoms with Crippen molar-refractivity contribution in [2.45, 2.75) is 59.1 Å². The van der Waals surface area contributed by atoms with Crippen LogP contribution in [-0.2, 0) is 11.2 Å². The second-order valence-corrected chi connectivity index (χ2v) is 9.53. The van der Waals surface area contributed by atoms with Crippen LogP contribution in [-0.4, -0.2) is 45.7 Å². The third-order valence-corrected chi connectivity index (χ3v) is 5.21. The van der Waals surface area contributed by atoms with Crippen LogP contribution in [0.4, 0.5) is 10.7 Å². The first-order valence-corrected chi connectivity index (χ1v) is 10.6. The fraction of sp³-hybridized carbons (Fsp3) is 0.571. The normalized spacial score (nSPS) is 20.3. The summed E-state index contributed by atoms with van der Waals surface area (Å²) in [5.41, 5.74) is 1.66. The number of fused-ring (bicyclic) bond motifs is 1. The highest BCUT2D eigenvalue weighted by Crippen LogP contribution is 2.25. The maximum absolute atomic E-state index is 12.5. The van der Waals surface area contributed by atoms with Crippen molar-refractivity contribution < 1.29 is 9.53 Å². The standard InChI is InChI=1S/C21H29BrN4O2/c1-6-14-8-16(22)9-15-10-23-19(25-18(14)15)24-17-7-13(2)11-26(12-17)20(27)28-21(3,4)5/h8-10,13,17H,6-7,11-12H2,1-5H3,(H,23,24,25)/t13-,17+/m1/s1. The van der Waals surface area contributed by atoms with Crippen molar-refractivity contribution in [1.82, 2.24) is 14.9 Å². The molecule has 0 spiro atoms. The molecule has 1 N–H and O–H groups in total. The van der Waals surface area contributed by atoms with Gasteiger partial charge in [-0.1, -0.05) is 29.8 Å². The predicted molar refractivity (Wildman–Crippen MR) is 116 cm³/mol. The van der Waals surface area contributed by atoms with E-state index in [1.807, 2.05) is 33.0 Å². The monoisotopic (exact) mass is 448 g/mol. The third-order valence-electron chi connectivity index (χ3n) is 4.75. The lowest BCUT2D eigenvalue weighted by Gasteiger charge is -2.37. The Morgan fingerprint density at radius 3 is 2.79 bits per heavy atom. The van der Waals surface area contributed by atoms with Crippen LogP contribution in [0.2, 0.25) is 0 Å². The maximum atomic E-state index is 12.5. The lowest BCUT2D eigenvalue weighted by atomic mass is 9.96. The lowest BCUT2D eigenvalue weighted by Crippen LogP contribution is -2.49. The van der Waals surface area contributed by atoms with Crippen LogP contribution in [0.3, 0.4) is 0 Å². The Bertz CT molecular complexity index is 865. The van der Waals surface area contributed by atoms with E-state index in [9.17, 15) is 4.79 Å². The van der Waals surface area contributed by atoms with Crippen molar-refractivity contribution in [3.63, 3.8) is 0 Å². The number of aromatic nitrogens is 2. The number of carbonyl (C=O) groups is 1. The summed E-state index contributed by atoms with van der Waals surface area (Å²) < 4.78 is 6.58. The Morgan fingerprint density at radius 2 is 2.11 bits per heavy atom. The van der Waals surface area contributed by atoms with Crippen molar-refractivity contribution in [2.24, 2.45) is 5.92 Å². The summed E-state index contributed by atoms with van der Waals surface area (Å²) in [7, 11) is 0. The van der Waals surface area contributed by atoms with Gasteiger partial charge in [0.15, 0.2) is 0 Å². The van der Waals surface area contributed by atoms with E-state index in [4.69, 9.17) is 9.72 Å². The second-order valence-electron chi connectivity index (χ2n) is 8.62. The number of benzene rings is 1. The molecular formula is C21H29BrN4O2. The lowest BCUT2D eigenvalue weighted by molar-refractivity contribution is 0.0162. The Hall–Kier alpha value is -1.89. The maximum Gasteiger partial charge on any atom is 0.410 e. The van der Waals surface area contributed by atoms with Gasteiger partial charge in [0, 0.05) is 35.2 Å². The van der Waals surface area contributed by atoms with Crippen LogP contribution >= 0.6 is 15.9 Å². The topological polar surface area (TPSA) is 67.4 Å². The van der Waals surface area contributed by atoms with Gasteiger partial charge in [0.25, 0.3) is 0 Å². The minimum Gasteiger partial charge on any atom is -0.444 e. The summed E-state index contributed by atoms with van der Waals surface area (Å²) in [5, 5.41) is 4.45. The molecule has 152 valence electrons. The highest BCUT2D eigenvalue weighted by atomic mass is 79.9. The highest BCUT2D eigenvalue weighted by molar-refractivity contribution is 9.10. The molecule has 1 aliphatic rings. The van der Waals surface area contributed by atoms with E-state index in [2.05, 4.69) is 46.1 Å². The van der Waals surface area contributed by atoms with Crippen molar-refractivity contribution in [3.8, 4) is 0 Å². The van der Waals surface area contributed by atoms with Gasteiger partial charge in [0.1, 0.15) is 5.60 Å². The minimum absolute atomic E-state index is 0.0919. The molecule has 0 radical (unpaired) electrons. The molecule has 0 aliphatic carbocycles. The zero-order valence-electron chi connectivity index (χ0n) is 17.3. The van der Waals surface area contributed by atoms with Gasteiger partial charge in [0.05, 0.1) is 5.52 Å². The number of ether oxygens (including phenoxy) is 1. The van der Waals surface area contributed by atoms with Gasteiger partial charge in [-0.25, -0.2) is 14.8 Å². The average Bonchev–Trinajstić information content (AvgIpc) is 2.59. The smallest absolute Gasteiger partial charge is 0.410 e. The number of likely N-dealkylation sites (tertiary alicyclic amines) is 1. The number of halogens is 1. The van der Waals surface area contributed by atoms with Gasteiger partial charge >= 0.3 is 6.09 Å². The number of hydrogen-bond acceptors (Lipinski definition) is 5. The van der Waals surface area contributed by atoms with Crippen molar-refractivity contribution >= 4 is 38.9 Å². The molecule has 1 fully saturated rings. The summed E-state index contributed by atoms with van der Waals surface area (Å²) in [6.45, 7) is 11.2. The molecule has 1 amide bonds. The number of piperidine rings is 1. The zero-order valence-corrected chi connectivity index (χ0v) is 18.8. The van der Waals surface area contributed by atoms with E-state index in [0.717, 1.165) is 28.2 Å². The van der Waals surface area contributed by atoms with Crippen LogP contribution in [0.1, 0.15) is 46.6 Å². The van der Waals surface area contributed by atoms with Crippen LogP contribution < -0.4 is 5.32 Å². The average molecular weight is 449 g/mol. The van der Waals surface area contributed by atoms with E-state index in [0.29, 0.717) is 25.0 Å². The molecule has 0 saturated carbocycles. The number of nitrogens with zero attached hydrogens (tertiary/aromatic N) is 3. The Kier molecular flexibility index (Phi) is 6.12. The Balaban J connectivity index is 1.77.